The minimum atomic E-state index is 0.822. The van der Waals surface area contributed by atoms with E-state index in [1.165, 1.54) is 10.8 Å². The second-order valence-electron chi connectivity index (χ2n) is 4.78. The molecule has 0 bridgehead atoms. The zero-order valence-electron chi connectivity index (χ0n) is 11.6. The van der Waals surface area contributed by atoms with E-state index in [1.807, 2.05) is 66.7 Å². The van der Waals surface area contributed by atoms with Crippen molar-refractivity contribution in [1.82, 2.24) is 4.98 Å². The molecule has 0 fully saturated rings. The van der Waals surface area contributed by atoms with Gasteiger partial charge in [-0.15, -0.1) is 0 Å². The van der Waals surface area contributed by atoms with Crippen molar-refractivity contribution >= 4 is 27.5 Å². The number of rotatable bonds is 0. The van der Waals surface area contributed by atoms with Gasteiger partial charge in [0.2, 0.25) is 0 Å². The van der Waals surface area contributed by atoms with Crippen molar-refractivity contribution in [3.05, 3.63) is 84.9 Å². The van der Waals surface area contributed by atoms with E-state index in [9.17, 15) is 0 Å². The molecule has 0 aliphatic heterocycles. The number of fused-ring (bicyclic) bond motifs is 2. The predicted molar refractivity (Wildman–Crippen MR) is 90.1 cm³/mol. The number of nitrogens with zero attached hydrogens (tertiary/aromatic N) is 1. The molecule has 1 heterocycles. The van der Waals surface area contributed by atoms with Gasteiger partial charge in [0.15, 0.2) is 0 Å². The van der Waals surface area contributed by atoms with Crippen molar-refractivity contribution < 1.29 is 0 Å². The lowest BCUT2D eigenvalue weighted by Gasteiger charge is -1.99. The Balaban J connectivity index is 0.000000160. The standard InChI is InChI=1S/C13H9N.C6H7N/c1-3-7-12-10(5-1)9-11-6-2-4-8-13(11)14-12;7-6-4-2-1-3-5-6/h1-9H;1-5H,7H2. The molecule has 3 aromatic carbocycles. The lowest BCUT2D eigenvalue weighted by atomic mass is 10.1. The Morgan fingerprint density at radius 1 is 0.571 bits per heavy atom. The summed E-state index contributed by atoms with van der Waals surface area (Å²) in [6.07, 6.45) is 0. The highest BCUT2D eigenvalue weighted by Crippen LogP contribution is 2.18. The van der Waals surface area contributed by atoms with Gasteiger partial charge in [0, 0.05) is 16.5 Å². The molecule has 2 nitrogen and oxygen atoms in total. The highest BCUT2D eigenvalue weighted by atomic mass is 14.7. The van der Waals surface area contributed by atoms with Crippen LogP contribution in [0, 0.1) is 0 Å². The maximum Gasteiger partial charge on any atom is 0.0709 e. The third-order valence-electron chi connectivity index (χ3n) is 3.22. The SMILES string of the molecule is Nc1ccccc1.c1ccc2nc3ccccc3cc2c1. The molecule has 102 valence electrons. The van der Waals surface area contributed by atoms with Gasteiger partial charge in [0.25, 0.3) is 0 Å². The van der Waals surface area contributed by atoms with Gasteiger partial charge in [-0.1, -0.05) is 54.6 Å². The van der Waals surface area contributed by atoms with Crippen LogP contribution in [0.15, 0.2) is 84.9 Å². The van der Waals surface area contributed by atoms with Crippen molar-refractivity contribution in [2.24, 2.45) is 0 Å². The fourth-order valence-electron chi connectivity index (χ4n) is 2.17. The normalized spacial score (nSPS) is 10.1. The summed E-state index contributed by atoms with van der Waals surface area (Å²) >= 11 is 0. The quantitative estimate of drug-likeness (QED) is 0.373. The zero-order valence-corrected chi connectivity index (χ0v) is 11.6. The molecule has 0 saturated carbocycles. The second-order valence-corrected chi connectivity index (χ2v) is 4.78. The van der Waals surface area contributed by atoms with Crippen LogP contribution in [0.25, 0.3) is 21.8 Å². The first-order chi connectivity index (χ1) is 10.3. The zero-order chi connectivity index (χ0) is 14.5. The molecule has 0 atom stereocenters. The first-order valence-electron chi connectivity index (χ1n) is 6.88. The van der Waals surface area contributed by atoms with E-state index in [2.05, 4.69) is 23.2 Å². The number of aromatic nitrogens is 1. The largest absolute Gasteiger partial charge is 0.399 e. The van der Waals surface area contributed by atoms with Crippen LogP contribution < -0.4 is 5.73 Å². The molecule has 21 heavy (non-hydrogen) atoms. The van der Waals surface area contributed by atoms with Gasteiger partial charge < -0.3 is 5.73 Å². The molecule has 0 saturated heterocycles. The molecule has 0 radical (unpaired) electrons. The van der Waals surface area contributed by atoms with Crippen molar-refractivity contribution in [3.8, 4) is 0 Å². The van der Waals surface area contributed by atoms with Gasteiger partial charge in [0.05, 0.1) is 11.0 Å². The van der Waals surface area contributed by atoms with Gasteiger partial charge in [0.1, 0.15) is 0 Å². The molecule has 2 heteroatoms. The molecule has 2 N–H and O–H groups in total. The van der Waals surface area contributed by atoms with Crippen LogP contribution in [0.1, 0.15) is 0 Å². The maximum atomic E-state index is 5.36. The summed E-state index contributed by atoms with van der Waals surface area (Å²) in [5.41, 5.74) is 8.30. The minimum absolute atomic E-state index is 0.822. The van der Waals surface area contributed by atoms with E-state index in [0.717, 1.165) is 16.7 Å². The van der Waals surface area contributed by atoms with E-state index in [1.54, 1.807) is 0 Å². The lowest BCUT2D eigenvalue weighted by molar-refractivity contribution is 1.50. The number of nitrogen functional groups attached to an aromatic ring is 1. The summed E-state index contributed by atoms with van der Waals surface area (Å²) in [6.45, 7) is 0. The Hall–Kier alpha value is -2.87. The number of nitrogens with two attached hydrogens (primary N) is 1. The highest BCUT2D eigenvalue weighted by molar-refractivity contribution is 5.92. The van der Waals surface area contributed by atoms with E-state index in [0.29, 0.717) is 0 Å². The summed E-state index contributed by atoms with van der Waals surface area (Å²) in [5, 5.41) is 2.40. The Labute approximate surface area is 123 Å². The Morgan fingerprint density at radius 2 is 1.05 bits per heavy atom. The second kappa shape index (κ2) is 6.06. The number of benzene rings is 3. The molecule has 0 amide bonds. The average molecular weight is 272 g/mol. The summed E-state index contributed by atoms with van der Waals surface area (Å²) in [5.74, 6) is 0. The summed E-state index contributed by atoms with van der Waals surface area (Å²) in [4.78, 5) is 4.58. The number of para-hydroxylation sites is 3. The van der Waals surface area contributed by atoms with Crippen LogP contribution in [0.5, 0.6) is 0 Å². The molecule has 0 aliphatic rings. The van der Waals surface area contributed by atoms with Gasteiger partial charge in [-0.2, -0.15) is 0 Å². The maximum absolute atomic E-state index is 5.36. The molecule has 4 aromatic rings. The number of pyridine rings is 1. The number of hydrogen-bond donors (Lipinski definition) is 1. The number of anilines is 1. The van der Waals surface area contributed by atoms with Crippen LogP contribution >= 0.6 is 0 Å². The third kappa shape index (κ3) is 3.18. The van der Waals surface area contributed by atoms with Crippen molar-refractivity contribution in [3.63, 3.8) is 0 Å². The fraction of sp³-hybridized carbons (Fsp3) is 0. The van der Waals surface area contributed by atoms with E-state index >= 15 is 0 Å². The Kier molecular flexibility index (Phi) is 3.79. The average Bonchev–Trinajstić information content (AvgIpc) is 2.54. The molecule has 0 aliphatic carbocycles. The molecule has 0 unspecified atom stereocenters. The smallest absolute Gasteiger partial charge is 0.0709 e. The van der Waals surface area contributed by atoms with E-state index in [4.69, 9.17) is 5.73 Å². The Morgan fingerprint density at radius 3 is 1.52 bits per heavy atom. The lowest BCUT2D eigenvalue weighted by Crippen LogP contribution is -1.80. The number of hydrogen-bond acceptors (Lipinski definition) is 2. The first kappa shape index (κ1) is 13.1. The molecular weight excluding hydrogens is 256 g/mol. The van der Waals surface area contributed by atoms with Crippen molar-refractivity contribution in [2.45, 2.75) is 0 Å². The topological polar surface area (TPSA) is 38.9 Å². The highest BCUT2D eigenvalue weighted by Gasteiger charge is 1.96. The van der Waals surface area contributed by atoms with Crippen LogP contribution in [-0.4, -0.2) is 4.98 Å². The van der Waals surface area contributed by atoms with Gasteiger partial charge in [-0.25, -0.2) is 4.98 Å². The molecular formula is C19H16N2. The summed E-state index contributed by atoms with van der Waals surface area (Å²) in [6, 6.07) is 28.1. The van der Waals surface area contributed by atoms with Gasteiger partial charge >= 0.3 is 0 Å². The first-order valence-corrected chi connectivity index (χ1v) is 6.88. The molecule has 4 rings (SSSR count). The Bertz CT molecular complexity index is 749. The molecule has 1 aromatic heterocycles. The molecule has 0 spiro atoms. The fourth-order valence-corrected chi connectivity index (χ4v) is 2.17. The van der Waals surface area contributed by atoms with Gasteiger partial charge in [-0.05, 0) is 30.3 Å². The van der Waals surface area contributed by atoms with Crippen LogP contribution in [0.3, 0.4) is 0 Å². The van der Waals surface area contributed by atoms with Crippen molar-refractivity contribution in [1.29, 1.82) is 0 Å². The third-order valence-corrected chi connectivity index (χ3v) is 3.22. The monoisotopic (exact) mass is 272 g/mol. The van der Waals surface area contributed by atoms with Crippen molar-refractivity contribution in [2.75, 3.05) is 5.73 Å². The van der Waals surface area contributed by atoms with Crippen LogP contribution in [0.4, 0.5) is 5.69 Å². The van der Waals surface area contributed by atoms with Crippen LogP contribution in [0.2, 0.25) is 0 Å². The summed E-state index contributed by atoms with van der Waals surface area (Å²) < 4.78 is 0. The predicted octanol–water partition coefficient (Wildman–Crippen LogP) is 4.66. The van der Waals surface area contributed by atoms with E-state index < -0.39 is 0 Å². The van der Waals surface area contributed by atoms with E-state index in [-0.39, 0.29) is 0 Å². The van der Waals surface area contributed by atoms with Crippen LogP contribution in [-0.2, 0) is 0 Å². The summed E-state index contributed by atoms with van der Waals surface area (Å²) in [7, 11) is 0. The van der Waals surface area contributed by atoms with Gasteiger partial charge in [-0.3, -0.25) is 0 Å². The minimum Gasteiger partial charge on any atom is -0.399 e.